The number of ether oxygens (including phenoxy) is 2. The van der Waals surface area contributed by atoms with Crippen molar-refractivity contribution in [3.8, 4) is 0 Å². The summed E-state index contributed by atoms with van der Waals surface area (Å²) in [5, 5.41) is 9.73. The number of likely N-dealkylation sites (N-methyl/N-ethyl adjacent to an activating group) is 1. The molecule has 0 spiro atoms. The molecule has 0 bridgehead atoms. The van der Waals surface area contributed by atoms with E-state index in [4.69, 9.17) is 18.5 Å². The summed E-state index contributed by atoms with van der Waals surface area (Å²) in [7, 11) is 1.42. The largest absolute Gasteiger partial charge is 0.472 e. The van der Waals surface area contributed by atoms with Crippen molar-refractivity contribution in [2.75, 3.05) is 47.5 Å². The molecule has 0 aliphatic carbocycles. The van der Waals surface area contributed by atoms with E-state index in [1.165, 1.54) is 64.2 Å². The van der Waals surface area contributed by atoms with Crippen LogP contribution in [0, 0.1) is 0 Å². The molecule has 326 valence electrons. The molecule has 0 rings (SSSR count). The maximum Gasteiger partial charge on any atom is 0.472 e. The molecule has 2 N–H and O–H groups in total. The number of allylic oxidation sites excluding steroid dienone is 7. The minimum atomic E-state index is -4.39. The lowest BCUT2D eigenvalue weighted by molar-refractivity contribution is -0.870. The van der Waals surface area contributed by atoms with Crippen LogP contribution in [0.25, 0.3) is 0 Å². The number of hydrogen-bond donors (Lipinski definition) is 2. The molecule has 0 aliphatic rings. The Balaban J connectivity index is 4.47. The van der Waals surface area contributed by atoms with Gasteiger partial charge in [0.1, 0.15) is 19.8 Å². The highest BCUT2D eigenvalue weighted by Crippen LogP contribution is 2.43. The van der Waals surface area contributed by atoms with Gasteiger partial charge in [-0.2, -0.15) is 0 Å². The molecule has 0 saturated carbocycles. The van der Waals surface area contributed by atoms with Gasteiger partial charge in [0, 0.05) is 12.8 Å². The van der Waals surface area contributed by atoms with Crippen LogP contribution >= 0.6 is 7.82 Å². The minimum absolute atomic E-state index is 0.0167. The lowest BCUT2D eigenvalue weighted by Gasteiger charge is -2.24. The summed E-state index contributed by atoms with van der Waals surface area (Å²) in [6, 6.07) is 0. The van der Waals surface area contributed by atoms with Gasteiger partial charge in [-0.3, -0.25) is 18.6 Å². The molecule has 0 aliphatic heterocycles. The number of unbranched alkanes of at least 4 members (excludes halogenated alkanes) is 14. The third kappa shape index (κ3) is 40.1. The molecular formula is C45H83NO9P+. The number of phosphoric acid groups is 1. The van der Waals surface area contributed by atoms with Gasteiger partial charge in [0.2, 0.25) is 0 Å². The van der Waals surface area contributed by atoms with Crippen LogP contribution < -0.4 is 0 Å². The number of esters is 2. The molecular weight excluding hydrogens is 729 g/mol. The zero-order valence-electron chi connectivity index (χ0n) is 36.2. The first-order valence-electron chi connectivity index (χ1n) is 21.9. The maximum atomic E-state index is 12.7. The van der Waals surface area contributed by atoms with Crippen molar-refractivity contribution < 1.29 is 47.2 Å². The number of carbonyl (C=O) groups excluding carboxylic acids is 2. The van der Waals surface area contributed by atoms with Gasteiger partial charge in [-0.25, -0.2) is 4.57 Å². The van der Waals surface area contributed by atoms with E-state index in [9.17, 15) is 24.2 Å². The summed E-state index contributed by atoms with van der Waals surface area (Å²) in [6.07, 6.45) is 39.4. The third-order valence-electron chi connectivity index (χ3n) is 9.17. The normalized spacial score (nSPS) is 14.6. The second kappa shape index (κ2) is 37.2. The molecule has 2 unspecified atom stereocenters. The minimum Gasteiger partial charge on any atom is -0.462 e. The zero-order valence-corrected chi connectivity index (χ0v) is 37.1. The van der Waals surface area contributed by atoms with Crippen molar-refractivity contribution in [1.82, 2.24) is 0 Å². The fraction of sp³-hybridized carbons (Fsp3) is 0.778. The van der Waals surface area contributed by atoms with E-state index in [1.54, 1.807) is 0 Å². The van der Waals surface area contributed by atoms with Crippen molar-refractivity contribution in [2.45, 2.75) is 180 Å². The average molecular weight is 813 g/mol. The van der Waals surface area contributed by atoms with Crippen LogP contribution in [-0.4, -0.2) is 86.1 Å². The Labute approximate surface area is 342 Å². The van der Waals surface area contributed by atoms with Crippen LogP contribution in [0.1, 0.15) is 168 Å². The lowest BCUT2D eigenvalue weighted by atomic mass is 10.0. The average Bonchev–Trinajstić information content (AvgIpc) is 3.14. The second-order valence-corrected chi connectivity index (χ2v) is 17.4. The SMILES string of the molecule is CCCCCCCCCCCCCCCCC(=O)O[C@H](COC(=O)CCC/C=C\C/C=C\C/C=C\C/C=C\CC(O)CCC)COP(=O)(O)OCC[N+](C)(C)C. The van der Waals surface area contributed by atoms with E-state index in [1.807, 2.05) is 33.3 Å². The first-order chi connectivity index (χ1) is 26.9. The summed E-state index contributed by atoms with van der Waals surface area (Å²) in [5.41, 5.74) is 0. The van der Waals surface area contributed by atoms with E-state index in [2.05, 4.69) is 50.3 Å². The maximum absolute atomic E-state index is 12.7. The molecule has 0 aromatic heterocycles. The first-order valence-corrected chi connectivity index (χ1v) is 23.4. The number of nitrogens with zero attached hydrogens (tertiary/aromatic N) is 1. The smallest absolute Gasteiger partial charge is 0.462 e. The number of carbonyl (C=O) groups is 2. The van der Waals surface area contributed by atoms with Crippen molar-refractivity contribution in [1.29, 1.82) is 0 Å². The van der Waals surface area contributed by atoms with Crippen LogP contribution in [0.4, 0.5) is 0 Å². The van der Waals surface area contributed by atoms with Gasteiger partial charge >= 0.3 is 19.8 Å². The van der Waals surface area contributed by atoms with Crippen LogP contribution in [0.5, 0.6) is 0 Å². The van der Waals surface area contributed by atoms with Gasteiger partial charge in [0.15, 0.2) is 6.10 Å². The summed E-state index contributed by atoms with van der Waals surface area (Å²) in [6.45, 7) is 4.14. The van der Waals surface area contributed by atoms with E-state index in [-0.39, 0.29) is 32.2 Å². The fourth-order valence-corrected chi connectivity index (χ4v) is 6.47. The van der Waals surface area contributed by atoms with E-state index < -0.39 is 32.5 Å². The number of phosphoric ester groups is 1. The van der Waals surface area contributed by atoms with Crippen molar-refractivity contribution in [3.63, 3.8) is 0 Å². The molecule has 0 radical (unpaired) electrons. The first kappa shape index (κ1) is 53.9. The van der Waals surface area contributed by atoms with E-state index >= 15 is 0 Å². The molecule has 56 heavy (non-hydrogen) atoms. The molecule has 11 heteroatoms. The van der Waals surface area contributed by atoms with Crippen LogP contribution in [0.15, 0.2) is 48.6 Å². The number of hydrogen-bond acceptors (Lipinski definition) is 8. The molecule has 0 amide bonds. The Kier molecular flexibility index (Phi) is 35.8. The summed E-state index contributed by atoms with van der Waals surface area (Å²) >= 11 is 0. The van der Waals surface area contributed by atoms with Gasteiger partial charge in [0.05, 0.1) is 33.9 Å². The van der Waals surface area contributed by atoms with Crippen molar-refractivity contribution in [2.24, 2.45) is 0 Å². The standard InChI is InChI=1S/C45H82NO9P/c1-6-8-9-10-11-12-13-14-17-21-24-27-30-33-37-45(49)55-43(41-54-56(50,51)53-39-38-46(3,4)5)40-52-44(48)36-32-29-26-23-20-18-15-16-19-22-25-28-31-35-42(47)34-7-2/h15,18-19,22-23,26,28,31,42-43,47H,6-14,16-17,20-21,24-25,27,29-30,32-41H2,1-5H3/p+1/b18-15-,22-19-,26-23-,31-28-/t42?,43-/m1/s1. The quantitative estimate of drug-likeness (QED) is 0.0205. The highest BCUT2D eigenvalue weighted by Gasteiger charge is 2.27. The second-order valence-electron chi connectivity index (χ2n) is 15.9. The fourth-order valence-electron chi connectivity index (χ4n) is 5.73. The molecule has 0 saturated heterocycles. The van der Waals surface area contributed by atoms with Crippen LogP contribution in [0.3, 0.4) is 0 Å². The van der Waals surface area contributed by atoms with E-state index in [0.717, 1.165) is 57.8 Å². The predicted molar refractivity (Wildman–Crippen MR) is 230 cm³/mol. The Bertz CT molecular complexity index is 1120. The zero-order chi connectivity index (χ0) is 41.6. The summed E-state index contributed by atoms with van der Waals surface area (Å²) in [5.74, 6) is -0.883. The van der Waals surface area contributed by atoms with Crippen LogP contribution in [0.2, 0.25) is 0 Å². The van der Waals surface area contributed by atoms with Gasteiger partial charge in [-0.1, -0.05) is 152 Å². The Morgan fingerprint density at radius 3 is 1.66 bits per heavy atom. The number of quaternary nitrogens is 1. The number of aliphatic hydroxyl groups is 1. The molecule has 10 nitrogen and oxygen atoms in total. The number of rotatable bonds is 39. The van der Waals surface area contributed by atoms with Gasteiger partial charge in [-0.15, -0.1) is 0 Å². The van der Waals surface area contributed by atoms with Crippen LogP contribution in [-0.2, 0) is 32.7 Å². The summed E-state index contributed by atoms with van der Waals surface area (Å²) in [4.78, 5) is 35.3. The van der Waals surface area contributed by atoms with E-state index in [0.29, 0.717) is 30.3 Å². The Hall–Kier alpha value is -2.07. The summed E-state index contributed by atoms with van der Waals surface area (Å²) < 4.78 is 34.2. The lowest BCUT2D eigenvalue weighted by Crippen LogP contribution is -2.37. The van der Waals surface area contributed by atoms with Crippen molar-refractivity contribution in [3.05, 3.63) is 48.6 Å². The third-order valence-corrected chi connectivity index (χ3v) is 10.2. The molecule has 0 heterocycles. The Morgan fingerprint density at radius 1 is 0.625 bits per heavy atom. The van der Waals surface area contributed by atoms with Gasteiger partial charge in [-0.05, 0) is 51.4 Å². The molecule has 0 fully saturated rings. The highest BCUT2D eigenvalue weighted by atomic mass is 31.2. The predicted octanol–water partition coefficient (Wildman–Crippen LogP) is 11.3. The highest BCUT2D eigenvalue weighted by molar-refractivity contribution is 7.47. The topological polar surface area (TPSA) is 129 Å². The molecule has 0 aromatic carbocycles. The monoisotopic (exact) mass is 813 g/mol. The Morgan fingerprint density at radius 2 is 1.12 bits per heavy atom. The van der Waals surface area contributed by atoms with Crippen molar-refractivity contribution >= 4 is 19.8 Å². The molecule has 3 atom stereocenters. The number of aliphatic hydroxyl groups excluding tert-OH is 1. The van der Waals surface area contributed by atoms with Gasteiger partial charge in [0.25, 0.3) is 0 Å². The molecule has 0 aromatic rings. The van der Waals surface area contributed by atoms with Gasteiger partial charge < -0.3 is 24.0 Å².